The molecule has 0 bridgehead atoms. The number of benzene rings is 1. The van der Waals surface area contributed by atoms with Crippen LogP contribution in [0.1, 0.15) is 24.4 Å². The first-order chi connectivity index (χ1) is 7.29. The van der Waals surface area contributed by atoms with Crippen molar-refractivity contribution in [3.8, 4) is 0 Å². The molecule has 0 radical (unpaired) electrons. The van der Waals surface area contributed by atoms with Gasteiger partial charge in [-0.3, -0.25) is 0 Å². The lowest BCUT2D eigenvalue weighted by atomic mass is 10.0. The van der Waals surface area contributed by atoms with Crippen molar-refractivity contribution in [3.05, 3.63) is 32.4 Å². The fourth-order valence-corrected chi connectivity index (χ4v) is 1.75. The number of halogens is 5. The van der Waals surface area contributed by atoms with Gasteiger partial charge in [-0.25, -0.2) is 0 Å². The minimum atomic E-state index is -4.16. The van der Waals surface area contributed by atoms with Gasteiger partial charge in [-0.05, 0) is 46.7 Å². The van der Waals surface area contributed by atoms with Crippen LogP contribution in [0.25, 0.3) is 0 Å². The number of hydrogen-bond donors (Lipinski definition) is 1. The molecule has 16 heavy (non-hydrogen) atoms. The first-order valence-corrected chi connectivity index (χ1v) is 6.02. The summed E-state index contributed by atoms with van der Waals surface area (Å²) in [5, 5.41) is 0.514. The van der Waals surface area contributed by atoms with E-state index in [2.05, 4.69) is 0 Å². The van der Waals surface area contributed by atoms with Crippen LogP contribution in [0.2, 0.25) is 5.02 Å². The Balaban J connectivity index is 2.66. The van der Waals surface area contributed by atoms with Gasteiger partial charge in [-0.15, -0.1) is 0 Å². The van der Waals surface area contributed by atoms with Crippen molar-refractivity contribution in [2.75, 3.05) is 0 Å². The van der Waals surface area contributed by atoms with E-state index in [-0.39, 0.29) is 6.42 Å². The lowest BCUT2D eigenvalue weighted by Gasteiger charge is -2.14. The van der Waals surface area contributed by atoms with Crippen LogP contribution in [0.5, 0.6) is 0 Å². The molecule has 0 saturated carbocycles. The normalized spacial score (nSPS) is 13.9. The second kappa shape index (κ2) is 5.55. The topological polar surface area (TPSA) is 26.0 Å². The van der Waals surface area contributed by atoms with E-state index < -0.39 is 18.6 Å². The van der Waals surface area contributed by atoms with Crippen molar-refractivity contribution < 1.29 is 13.2 Å². The van der Waals surface area contributed by atoms with Gasteiger partial charge in [0.1, 0.15) is 0 Å². The predicted octanol–water partition coefficient (Wildman–Crippen LogP) is 4.29. The number of alkyl halides is 3. The minimum Gasteiger partial charge on any atom is -0.324 e. The summed E-state index contributed by atoms with van der Waals surface area (Å²) in [5.41, 5.74) is 6.29. The van der Waals surface area contributed by atoms with E-state index in [1.807, 2.05) is 22.6 Å². The lowest BCUT2D eigenvalue weighted by Crippen LogP contribution is -2.15. The third kappa shape index (κ3) is 4.47. The van der Waals surface area contributed by atoms with E-state index in [0.717, 1.165) is 3.57 Å². The van der Waals surface area contributed by atoms with Crippen molar-refractivity contribution in [1.29, 1.82) is 0 Å². The van der Waals surface area contributed by atoms with Crippen molar-refractivity contribution in [2.24, 2.45) is 5.73 Å². The van der Waals surface area contributed by atoms with Crippen molar-refractivity contribution in [2.45, 2.75) is 25.1 Å². The maximum atomic E-state index is 12.0. The van der Waals surface area contributed by atoms with Gasteiger partial charge in [0.2, 0.25) is 0 Å². The molecule has 1 aromatic rings. The highest BCUT2D eigenvalue weighted by Gasteiger charge is 2.27. The van der Waals surface area contributed by atoms with Crippen LogP contribution in [0.15, 0.2) is 18.2 Å². The Kier molecular flexibility index (Phi) is 4.88. The standard InChI is InChI=1S/C10H10ClF3IN/c11-7-5-6(1-2-8(7)15)9(16)3-4-10(12,13)14/h1-2,5,9H,3-4,16H2. The molecule has 1 aromatic carbocycles. The molecule has 0 fully saturated rings. The maximum absolute atomic E-state index is 12.0. The quantitative estimate of drug-likeness (QED) is 0.797. The molecule has 0 spiro atoms. The van der Waals surface area contributed by atoms with Gasteiger partial charge in [0.05, 0.1) is 5.02 Å². The first kappa shape index (κ1) is 14.1. The Morgan fingerprint density at radius 1 is 1.38 bits per heavy atom. The average Bonchev–Trinajstić information content (AvgIpc) is 2.17. The molecule has 1 nitrogen and oxygen atoms in total. The number of rotatable bonds is 3. The Bertz CT molecular complexity index is 368. The molecule has 1 rings (SSSR count). The smallest absolute Gasteiger partial charge is 0.324 e. The van der Waals surface area contributed by atoms with Crippen molar-refractivity contribution in [1.82, 2.24) is 0 Å². The Morgan fingerprint density at radius 3 is 2.50 bits per heavy atom. The molecule has 0 aliphatic heterocycles. The van der Waals surface area contributed by atoms with Gasteiger partial charge in [0.25, 0.3) is 0 Å². The van der Waals surface area contributed by atoms with Gasteiger partial charge in [-0.2, -0.15) is 13.2 Å². The molecule has 0 aliphatic rings. The summed E-state index contributed by atoms with van der Waals surface area (Å²) in [6, 6.07) is 4.43. The molecule has 1 unspecified atom stereocenters. The van der Waals surface area contributed by atoms with Crippen LogP contribution < -0.4 is 5.73 Å². The molecule has 2 N–H and O–H groups in total. The molecule has 6 heteroatoms. The third-order valence-electron chi connectivity index (χ3n) is 2.11. The van der Waals surface area contributed by atoms with Crippen LogP contribution in [0, 0.1) is 3.57 Å². The van der Waals surface area contributed by atoms with E-state index >= 15 is 0 Å². The summed E-state index contributed by atoms with van der Waals surface area (Å²) in [4.78, 5) is 0. The Hall–Kier alpha value is -0.0100. The SMILES string of the molecule is NC(CCC(F)(F)F)c1ccc(I)c(Cl)c1. The van der Waals surface area contributed by atoms with Crippen LogP contribution in [-0.2, 0) is 0 Å². The zero-order valence-corrected chi connectivity index (χ0v) is 11.1. The fraction of sp³-hybridized carbons (Fsp3) is 0.400. The van der Waals surface area contributed by atoms with Crippen LogP contribution in [0.4, 0.5) is 13.2 Å². The third-order valence-corrected chi connectivity index (χ3v) is 3.68. The highest BCUT2D eigenvalue weighted by molar-refractivity contribution is 14.1. The highest BCUT2D eigenvalue weighted by atomic mass is 127. The van der Waals surface area contributed by atoms with Gasteiger partial charge >= 0.3 is 6.18 Å². The van der Waals surface area contributed by atoms with Crippen molar-refractivity contribution in [3.63, 3.8) is 0 Å². The summed E-state index contributed by atoms with van der Waals surface area (Å²) < 4.78 is 36.8. The Morgan fingerprint density at radius 2 is 2.00 bits per heavy atom. The van der Waals surface area contributed by atoms with Crippen LogP contribution in [0.3, 0.4) is 0 Å². The highest BCUT2D eigenvalue weighted by Crippen LogP contribution is 2.28. The minimum absolute atomic E-state index is 0.125. The molecule has 0 aliphatic carbocycles. The molecular formula is C10H10ClF3IN. The fourth-order valence-electron chi connectivity index (χ4n) is 1.23. The molecule has 0 aromatic heterocycles. The largest absolute Gasteiger partial charge is 0.389 e. The second-order valence-corrected chi connectivity index (χ2v) is 5.00. The summed E-state index contributed by atoms with van der Waals surface area (Å²) >= 11 is 7.91. The van der Waals surface area contributed by atoms with E-state index in [9.17, 15) is 13.2 Å². The summed E-state index contributed by atoms with van der Waals surface area (Å²) in [6.45, 7) is 0. The van der Waals surface area contributed by atoms with Gasteiger partial charge in [-0.1, -0.05) is 17.7 Å². The molecule has 0 amide bonds. The van der Waals surface area contributed by atoms with E-state index in [4.69, 9.17) is 17.3 Å². The summed E-state index contributed by atoms with van der Waals surface area (Å²) in [6.07, 6.45) is -5.16. The van der Waals surface area contributed by atoms with Gasteiger partial charge in [0.15, 0.2) is 0 Å². The van der Waals surface area contributed by atoms with E-state index in [1.165, 1.54) is 0 Å². The zero-order chi connectivity index (χ0) is 12.3. The second-order valence-electron chi connectivity index (χ2n) is 3.43. The molecule has 0 saturated heterocycles. The van der Waals surface area contributed by atoms with E-state index in [0.29, 0.717) is 10.6 Å². The number of hydrogen-bond acceptors (Lipinski definition) is 1. The summed E-state index contributed by atoms with van der Waals surface area (Å²) in [7, 11) is 0. The van der Waals surface area contributed by atoms with Crippen LogP contribution >= 0.6 is 34.2 Å². The molecule has 0 heterocycles. The first-order valence-electron chi connectivity index (χ1n) is 4.57. The van der Waals surface area contributed by atoms with E-state index in [1.54, 1.807) is 18.2 Å². The van der Waals surface area contributed by atoms with Gasteiger partial charge in [0, 0.05) is 16.0 Å². The average molecular weight is 364 g/mol. The molecule has 1 atom stereocenters. The molecule has 90 valence electrons. The number of nitrogens with two attached hydrogens (primary N) is 1. The molecular weight excluding hydrogens is 353 g/mol. The monoisotopic (exact) mass is 363 g/mol. The Labute approximate surface area is 110 Å². The maximum Gasteiger partial charge on any atom is 0.389 e. The zero-order valence-electron chi connectivity index (χ0n) is 8.19. The lowest BCUT2D eigenvalue weighted by molar-refractivity contribution is -0.136. The van der Waals surface area contributed by atoms with Crippen LogP contribution in [-0.4, -0.2) is 6.18 Å². The van der Waals surface area contributed by atoms with Gasteiger partial charge < -0.3 is 5.73 Å². The predicted molar refractivity (Wildman–Crippen MR) is 66.4 cm³/mol. The van der Waals surface area contributed by atoms with Crippen molar-refractivity contribution >= 4 is 34.2 Å². The summed E-state index contributed by atoms with van der Waals surface area (Å²) in [5.74, 6) is 0.